The highest BCUT2D eigenvalue weighted by Gasteiger charge is 2.47. The van der Waals surface area contributed by atoms with E-state index < -0.39 is 59.2 Å². The molecule has 178 valence electrons. The second-order valence-electron chi connectivity index (χ2n) is 7.83. The van der Waals surface area contributed by atoms with Crippen molar-refractivity contribution in [3.63, 3.8) is 0 Å². The van der Waals surface area contributed by atoms with E-state index in [4.69, 9.17) is 0 Å². The van der Waals surface area contributed by atoms with Crippen LogP contribution in [0.3, 0.4) is 0 Å². The minimum atomic E-state index is -4.80. The van der Waals surface area contributed by atoms with Gasteiger partial charge < -0.3 is 15.0 Å². The van der Waals surface area contributed by atoms with Crippen molar-refractivity contribution in [3.05, 3.63) is 97.3 Å². The Morgan fingerprint density at radius 1 is 1.09 bits per heavy atom. The van der Waals surface area contributed by atoms with Gasteiger partial charge in [0, 0.05) is 35.1 Å². The number of halogens is 5. The maximum Gasteiger partial charge on any atom is 0.416 e. The lowest BCUT2D eigenvalue weighted by Crippen LogP contribution is -2.48. The third-order valence-electron chi connectivity index (χ3n) is 5.60. The number of anilines is 1. The summed E-state index contributed by atoms with van der Waals surface area (Å²) in [6, 6.07) is 2.41. The molecule has 1 aliphatic heterocycles. The normalized spacial score (nSPS) is 17.6. The van der Waals surface area contributed by atoms with Crippen LogP contribution in [0.5, 0.6) is 0 Å². The number of hydrogen-bond acceptors (Lipinski definition) is 4. The summed E-state index contributed by atoms with van der Waals surface area (Å²) in [7, 11) is 0. The fraction of sp³-hybridized carbons (Fsp3) is 0.227. The van der Waals surface area contributed by atoms with E-state index in [1.54, 1.807) is 0 Å². The van der Waals surface area contributed by atoms with Gasteiger partial charge in [0.2, 0.25) is 0 Å². The van der Waals surface area contributed by atoms with E-state index in [-0.39, 0.29) is 22.5 Å². The number of carbonyl (C=O) groups is 1. The van der Waals surface area contributed by atoms with E-state index in [9.17, 15) is 41.4 Å². The van der Waals surface area contributed by atoms with Crippen molar-refractivity contribution in [2.45, 2.75) is 31.7 Å². The highest BCUT2D eigenvalue weighted by Crippen LogP contribution is 2.44. The molecule has 0 saturated heterocycles. The minimum absolute atomic E-state index is 0.0686. The highest BCUT2D eigenvalue weighted by molar-refractivity contribution is 5.84. The Kier molecular flexibility index (Phi) is 5.54. The fourth-order valence-electron chi connectivity index (χ4n) is 4.18. The number of hydrogen-bond donors (Lipinski definition) is 2. The first kappa shape index (κ1) is 23.2. The van der Waals surface area contributed by atoms with Crippen LogP contribution >= 0.6 is 0 Å². The summed E-state index contributed by atoms with van der Waals surface area (Å²) >= 11 is 0. The molecule has 7 nitrogen and oxygen atoms in total. The zero-order chi connectivity index (χ0) is 24.9. The van der Waals surface area contributed by atoms with Gasteiger partial charge in [-0.25, -0.2) is 22.9 Å². The minimum Gasteiger partial charge on any atom is -0.480 e. The SMILES string of the molecule is Cc1cc(=O)n(C2c3cc(C(F)(F)F)ccc3N(Cc3cc(F)ccc3F)C2C(=O)O)c(=O)[nH]1. The van der Waals surface area contributed by atoms with Crippen molar-refractivity contribution < 1.29 is 31.9 Å². The molecule has 4 rings (SSSR count). The number of aromatic amines is 1. The summed E-state index contributed by atoms with van der Waals surface area (Å²) in [5.74, 6) is -3.26. The summed E-state index contributed by atoms with van der Waals surface area (Å²) in [4.78, 5) is 41.0. The maximum atomic E-state index is 14.3. The van der Waals surface area contributed by atoms with E-state index in [1.165, 1.54) is 6.92 Å². The van der Waals surface area contributed by atoms with Crippen molar-refractivity contribution in [2.75, 3.05) is 4.90 Å². The van der Waals surface area contributed by atoms with Crippen molar-refractivity contribution in [1.82, 2.24) is 9.55 Å². The highest BCUT2D eigenvalue weighted by atomic mass is 19.4. The monoisotopic (exact) mass is 481 g/mol. The number of carboxylic acids is 1. The lowest BCUT2D eigenvalue weighted by Gasteiger charge is -2.27. The topological polar surface area (TPSA) is 95.4 Å². The molecule has 2 heterocycles. The molecule has 0 bridgehead atoms. The largest absolute Gasteiger partial charge is 0.480 e. The molecule has 2 atom stereocenters. The molecule has 0 amide bonds. The summed E-state index contributed by atoms with van der Waals surface area (Å²) in [5.41, 5.74) is -3.52. The van der Waals surface area contributed by atoms with E-state index in [1.807, 2.05) is 0 Å². The molecule has 1 aromatic heterocycles. The van der Waals surface area contributed by atoms with Gasteiger partial charge in [0.05, 0.1) is 11.6 Å². The van der Waals surface area contributed by atoms with E-state index >= 15 is 0 Å². The number of H-pyrrole nitrogens is 1. The average Bonchev–Trinajstić information content (AvgIpc) is 3.03. The summed E-state index contributed by atoms with van der Waals surface area (Å²) in [6.45, 7) is 0.860. The first-order chi connectivity index (χ1) is 15.9. The van der Waals surface area contributed by atoms with Crippen LogP contribution in [-0.2, 0) is 17.5 Å². The van der Waals surface area contributed by atoms with Gasteiger partial charge in [-0.3, -0.25) is 4.79 Å². The summed E-state index contributed by atoms with van der Waals surface area (Å²) in [6.07, 6.45) is -4.80. The van der Waals surface area contributed by atoms with Crippen LogP contribution in [-0.4, -0.2) is 26.7 Å². The van der Waals surface area contributed by atoms with Crippen molar-refractivity contribution in [2.24, 2.45) is 0 Å². The summed E-state index contributed by atoms with van der Waals surface area (Å²) in [5, 5.41) is 10.00. The quantitative estimate of drug-likeness (QED) is 0.559. The predicted octanol–water partition coefficient (Wildman–Crippen LogP) is 3.20. The molecule has 3 aromatic rings. The van der Waals surface area contributed by atoms with Gasteiger partial charge >= 0.3 is 17.8 Å². The van der Waals surface area contributed by atoms with Gasteiger partial charge in [-0.2, -0.15) is 13.2 Å². The van der Waals surface area contributed by atoms with Gasteiger partial charge in [0.1, 0.15) is 11.6 Å². The zero-order valence-electron chi connectivity index (χ0n) is 17.4. The third kappa shape index (κ3) is 3.95. The van der Waals surface area contributed by atoms with Crippen molar-refractivity contribution in [1.29, 1.82) is 0 Å². The van der Waals surface area contributed by atoms with Crippen LogP contribution in [0.1, 0.15) is 28.4 Å². The van der Waals surface area contributed by atoms with Crippen LogP contribution in [0.25, 0.3) is 0 Å². The number of carboxylic acid groups (broad SMARTS) is 1. The second kappa shape index (κ2) is 8.12. The molecule has 2 aromatic carbocycles. The number of nitrogens with zero attached hydrogens (tertiary/aromatic N) is 2. The Balaban J connectivity index is 1.98. The molecule has 1 aliphatic rings. The first-order valence-electron chi connectivity index (χ1n) is 9.85. The van der Waals surface area contributed by atoms with Gasteiger partial charge in [-0.15, -0.1) is 0 Å². The number of benzene rings is 2. The Hall–Kier alpha value is -3.96. The van der Waals surface area contributed by atoms with Gasteiger partial charge in [0.15, 0.2) is 6.04 Å². The molecule has 0 spiro atoms. The number of aryl methyl sites for hydroxylation is 1. The lowest BCUT2D eigenvalue weighted by molar-refractivity contribution is -0.139. The third-order valence-corrected chi connectivity index (χ3v) is 5.60. The Morgan fingerprint density at radius 2 is 1.79 bits per heavy atom. The molecule has 0 fully saturated rings. The van der Waals surface area contributed by atoms with Crippen LogP contribution in [0.15, 0.2) is 52.1 Å². The zero-order valence-corrected chi connectivity index (χ0v) is 17.4. The van der Waals surface area contributed by atoms with Crippen LogP contribution in [0, 0.1) is 18.6 Å². The van der Waals surface area contributed by atoms with Crippen molar-refractivity contribution >= 4 is 11.7 Å². The molecule has 34 heavy (non-hydrogen) atoms. The van der Waals surface area contributed by atoms with E-state index in [2.05, 4.69) is 4.98 Å². The van der Waals surface area contributed by atoms with Gasteiger partial charge in [-0.05, 0) is 43.3 Å². The average molecular weight is 481 g/mol. The molecule has 0 radical (unpaired) electrons. The molecular weight excluding hydrogens is 465 g/mol. The fourth-order valence-corrected chi connectivity index (χ4v) is 4.18. The molecule has 2 unspecified atom stereocenters. The van der Waals surface area contributed by atoms with Crippen LogP contribution < -0.4 is 16.1 Å². The van der Waals surface area contributed by atoms with E-state index in [0.717, 1.165) is 35.2 Å². The number of aromatic nitrogens is 2. The number of fused-ring (bicyclic) bond motifs is 1. The number of aliphatic carboxylic acids is 1. The first-order valence-corrected chi connectivity index (χ1v) is 9.85. The van der Waals surface area contributed by atoms with Gasteiger partial charge in [-0.1, -0.05) is 0 Å². The number of nitrogens with one attached hydrogen (secondary N) is 1. The number of rotatable bonds is 4. The lowest BCUT2D eigenvalue weighted by atomic mass is 10.0. The second-order valence-corrected chi connectivity index (χ2v) is 7.83. The predicted molar refractivity (Wildman–Crippen MR) is 110 cm³/mol. The molecule has 2 N–H and O–H groups in total. The molecule has 0 saturated carbocycles. The number of alkyl halides is 3. The Morgan fingerprint density at radius 3 is 2.41 bits per heavy atom. The Bertz CT molecular complexity index is 1380. The Labute approximate surface area is 187 Å². The van der Waals surface area contributed by atoms with Gasteiger partial charge in [0.25, 0.3) is 5.56 Å². The standard InChI is InChI=1S/C22H16F5N3O4/c1-10-6-17(31)30(21(34)28-10)18-14-8-12(22(25,26)27)2-5-16(14)29(19(18)20(32)33)9-11-7-13(23)3-4-15(11)24/h2-8,18-19H,9H2,1H3,(H,28,34)(H,32,33). The van der Waals surface area contributed by atoms with Crippen LogP contribution in [0.4, 0.5) is 27.6 Å². The smallest absolute Gasteiger partial charge is 0.416 e. The molecule has 12 heteroatoms. The maximum absolute atomic E-state index is 14.3. The summed E-state index contributed by atoms with van der Waals surface area (Å²) < 4.78 is 68.9. The van der Waals surface area contributed by atoms with Crippen molar-refractivity contribution in [3.8, 4) is 0 Å². The van der Waals surface area contributed by atoms with Crippen LogP contribution in [0.2, 0.25) is 0 Å². The van der Waals surface area contributed by atoms with E-state index in [0.29, 0.717) is 16.7 Å². The molecular formula is C22H16F5N3O4. The molecule has 0 aliphatic carbocycles.